The summed E-state index contributed by atoms with van der Waals surface area (Å²) in [6.07, 6.45) is 3.88. The molecule has 0 spiro atoms. The molecule has 0 fully saturated rings. The minimum Gasteiger partial charge on any atom is -0.493 e. The Labute approximate surface area is 266 Å². The van der Waals surface area contributed by atoms with Crippen molar-refractivity contribution in [3.05, 3.63) is 107 Å². The van der Waals surface area contributed by atoms with Gasteiger partial charge in [-0.2, -0.15) is 0 Å². The standard InChI is InChI=1S/C42H32O4/c1-3-5-19-45-33-21-31-23-11-7-9-13-27(23)41(43)29-17-15-25-26-16-18-30-36-32(24-12-8-10-14-28(24)42(30)44)22-34(46-20-6-4-2)40(38(26)36)39(33)37(25)35(29)31/h7-18,21-22H,3-6,19-20H2,1-2H3. The van der Waals surface area contributed by atoms with Crippen molar-refractivity contribution in [2.75, 3.05) is 13.2 Å². The zero-order chi connectivity index (χ0) is 31.1. The number of rotatable bonds is 8. The van der Waals surface area contributed by atoms with Crippen LogP contribution in [0.5, 0.6) is 11.5 Å². The lowest BCUT2D eigenvalue weighted by molar-refractivity contribution is 0.103. The monoisotopic (exact) mass is 600 g/mol. The summed E-state index contributed by atoms with van der Waals surface area (Å²) in [5, 5.41) is 7.94. The fraction of sp³-hybridized carbons (Fsp3) is 0.190. The predicted molar refractivity (Wildman–Crippen MR) is 186 cm³/mol. The molecule has 0 radical (unpaired) electrons. The highest BCUT2D eigenvalue weighted by molar-refractivity contribution is 6.43. The second kappa shape index (κ2) is 10.1. The van der Waals surface area contributed by atoms with E-state index in [9.17, 15) is 9.59 Å². The van der Waals surface area contributed by atoms with Gasteiger partial charge in [-0.25, -0.2) is 0 Å². The predicted octanol–water partition coefficient (Wildman–Crippen LogP) is 10.5. The van der Waals surface area contributed by atoms with Gasteiger partial charge in [-0.3, -0.25) is 9.59 Å². The number of benzene rings is 7. The number of fused-ring (bicyclic) bond motifs is 6. The van der Waals surface area contributed by atoms with Gasteiger partial charge >= 0.3 is 0 Å². The normalized spacial score (nSPS) is 13.2. The molecule has 4 heteroatoms. The van der Waals surface area contributed by atoms with Gasteiger partial charge in [0.15, 0.2) is 11.6 Å². The molecule has 7 aromatic rings. The third kappa shape index (κ3) is 3.56. The molecule has 7 aromatic carbocycles. The van der Waals surface area contributed by atoms with E-state index < -0.39 is 0 Å². The SMILES string of the molecule is CCCCOc1cc2c3c(ccc4c5ccc6c7c(cc(OCCCC)c(c1c34)c75)-c1ccccc1C6=O)C(=O)c1ccccc1-2. The molecule has 0 atom stereocenters. The molecule has 0 saturated heterocycles. The Morgan fingerprint density at radius 3 is 1.26 bits per heavy atom. The van der Waals surface area contributed by atoms with E-state index >= 15 is 0 Å². The van der Waals surface area contributed by atoms with E-state index in [1.165, 1.54) is 0 Å². The molecule has 0 saturated carbocycles. The highest BCUT2D eigenvalue weighted by Crippen LogP contribution is 2.55. The van der Waals surface area contributed by atoms with Crippen LogP contribution < -0.4 is 9.47 Å². The van der Waals surface area contributed by atoms with Gasteiger partial charge in [0.1, 0.15) is 11.5 Å². The van der Waals surface area contributed by atoms with Gasteiger partial charge in [-0.05, 0) is 70.1 Å². The van der Waals surface area contributed by atoms with Gasteiger partial charge in [-0.1, -0.05) is 87.4 Å². The van der Waals surface area contributed by atoms with Crippen molar-refractivity contribution < 1.29 is 19.1 Å². The molecular formula is C42H32O4. The average Bonchev–Trinajstić information content (AvgIpc) is 3.09. The Bertz CT molecular complexity index is 2260. The second-order valence-electron chi connectivity index (χ2n) is 12.6. The van der Waals surface area contributed by atoms with Crippen LogP contribution in [0.4, 0.5) is 0 Å². The van der Waals surface area contributed by atoms with Crippen molar-refractivity contribution in [2.24, 2.45) is 0 Å². The molecular weight excluding hydrogens is 568 g/mol. The molecule has 0 unspecified atom stereocenters. The van der Waals surface area contributed by atoms with Crippen molar-refractivity contribution in [1.82, 2.24) is 0 Å². The molecule has 0 bridgehead atoms. The zero-order valence-electron chi connectivity index (χ0n) is 26.0. The number of hydrogen-bond acceptors (Lipinski definition) is 4. The maximum atomic E-state index is 14.0. The Kier molecular flexibility index (Phi) is 5.98. The van der Waals surface area contributed by atoms with Crippen LogP contribution in [0.3, 0.4) is 0 Å². The first-order valence-corrected chi connectivity index (χ1v) is 16.4. The highest BCUT2D eigenvalue weighted by Gasteiger charge is 2.33. The summed E-state index contributed by atoms with van der Waals surface area (Å²) in [6.45, 7) is 5.49. The summed E-state index contributed by atoms with van der Waals surface area (Å²) in [5.74, 6) is 1.65. The third-order valence-corrected chi connectivity index (χ3v) is 9.96. The van der Waals surface area contributed by atoms with Crippen molar-refractivity contribution >= 4 is 54.7 Å². The van der Waals surface area contributed by atoms with Crippen molar-refractivity contribution in [3.8, 4) is 33.8 Å². The average molecular weight is 601 g/mol. The molecule has 0 amide bonds. The van der Waals surface area contributed by atoms with Crippen LogP contribution in [0.1, 0.15) is 71.4 Å². The van der Waals surface area contributed by atoms with E-state index in [-0.39, 0.29) is 11.6 Å². The lowest BCUT2D eigenvalue weighted by Crippen LogP contribution is -2.12. The van der Waals surface area contributed by atoms with E-state index in [1.807, 2.05) is 60.7 Å². The van der Waals surface area contributed by atoms with E-state index in [2.05, 4.69) is 38.1 Å². The van der Waals surface area contributed by atoms with Gasteiger partial charge in [-0.15, -0.1) is 0 Å². The molecule has 2 aliphatic rings. The van der Waals surface area contributed by atoms with E-state index in [1.54, 1.807) is 0 Å². The van der Waals surface area contributed by atoms with Gasteiger partial charge < -0.3 is 9.47 Å². The van der Waals surface area contributed by atoms with E-state index in [0.717, 1.165) is 103 Å². The molecule has 0 heterocycles. The van der Waals surface area contributed by atoms with Crippen molar-refractivity contribution in [3.63, 3.8) is 0 Å². The quantitative estimate of drug-likeness (QED) is 0.0989. The van der Waals surface area contributed by atoms with Crippen LogP contribution in [0.15, 0.2) is 84.9 Å². The highest BCUT2D eigenvalue weighted by atomic mass is 16.5. The van der Waals surface area contributed by atoms with Gasteiger partial charge in [0.25, 0.3) is 0 Å². The first-order chi connectivity index (χ1) is 22.6. The van der Waals surface area contributed by atoms with Gasteiger partial charge in [0, 0.05) is 54.6 Å². The summed E-state index contributed by atoms with van der Waals surface area (Å²) < 4.78 is 13.4. The first kappa shape index (κ1) is 27.1. The topological polar surface area (TPSA) is 52.6 Å². The zero-order valence-corrected chi connectivity index (χ0v) is 26.0. The van der Waals surface area contributed by atoms with Crippen LogP contribution in [0, 0.1) is 0 Å². The number of ether oxygens (including phenoxy) is 2. The van der Waals surface area contributed by atoms with E-state index in [4.69, 9.17) is 9.47 Å². The van der Waals surface area contributed by atoms with Crippen LogP contribution in [-0.4, -0.2) is 24.8 Å². The lowest BCUT2D eigenvalue weighted by Gasteiger charge is -2.28. The van der Waals surface area contributed by atoms with Crippen molar-refractivity contribution in [2.45, 2.75) is 39.5 Å². The maximum absolute atomic E-state index is 14.0. The number of carbonyl (C=O) groups is 2. The Hall–Kier alpha value is -5.22. The number of carbonyl (C=O) groups excluding carboxylic acids is 2. The Balaban J connectivity index is 1.52. The summed E-state index contributed by atoms with van der Waals surface area (Å²) in [7, 11) is 0. The Morgan fingerprint density at radius 1 is 0.435 bits per heavy atom. The van der Waals surface area contributed by atoms with Gasteiger partial charge in [0.2, 0.25) is 0 Å². The summed E-state index contributed by atoms with van der Waals surface area (Å²) >= 11 is 0. The van der Waals surface area contributed by atoms with Crippen LogP contribution >= 0.6 is 0 Å². The maximum Gasteiger partial charge on any atom is 0.194 e. The Morgan fingerprint density at radius 2 is 0.848 bits per heavy atom. The van der Waals surface area contributed by atoms with Crippen LogP contribution in [0.25, 0.3) is 65.3 Å². The lowest BCUT2D eigenvalue weighted by atomic mass is 9.76. The fourth-order valence-corrected chi connectivity index (χ4v) is 7.83. The molecule has 224 valence electrons. The second-order valence-corrected chi connectivity index (χ2v) is 12.6. The fourth-order valence-electron chi connectivity index (χ4n) is 7.83. The largest absolute Gasteiger partial charge is 0.493 e. The minimum atomic E-state index is 0.0397. The molecule has 0 aliphatic heterocycles. The summed E-state index contributed by atoms with van der Waals surface area (Å²) in [5.41, 5.74) is 6.75. The summed E-state index contributed by atoms with van der Waals surface area (Å²) in [4.78, 5) is 28.0. The van der Waals surface area contributed by atoms with Crippen molar-refractivity contribution in [1.29, 1.82) is 0 Å². The van der Waals surface area contributed by atoms with Gasteiger partial charge in [0.05, 0.1) is 13.2 Å². The first-order valence-electron chi connectivity index (χ1n) is 16.4. The van der Waals surface area contributed by atoms with Crippen LogP contribution in [-0.2, 0) is 0 Å². The number of hydrogen-bond donors (Lipinski definition) is 0. The summed E-state index contributed by atoms with van der Waals surface area (Å²) in [6, 6.07) is 28.2. The molecule has 9 rings (SSSR count). The van der Waals surface area contributed by atoms with E-state index in [0.29, 0.717) is 35.5 Å². The number of ketones is 2. The third-order valence-electron chi connectivity index (χ3n) is 9.96. The van der Waals surface area contributed by atoms with Crippen LogP contribution in [0.2, 0.25) is 0 Å². The molecule has 4 nitrogen and oxygen atoms in total. The number of unbranched alkanes of at least 4 members (excludes halogenated alkanes) is 2. The molecule has 0 N–H and O–H groups in total. The molecule has 2 aliphatic carbocycles. The molecule has 0 aromatic heterocycles. The smallest absolute Gasteiger partial charge is 0.194 e. The minimum absolute atomic E-state index is 0.0397. The molecule has 46 heavy (non-hydrogen) atoms.